The number of hydrazine groups is 2. The topological polar surface area (TPSA) is 82.1 Å². The summed E-state index contributed by atoms with van der Waals surface area (Å²) in [6, 6.07) is 3.60. The molecule has 0 unspecified atom stereocenters. The van der Waals surface area contributed by atoms with E-state index in [9.17, 15) is 13.3 Å². The van der Waals surface area contributed by atoms with Gasteiger partial charge in [0.05, 0.1) is 22.6 Å². The first-order chi connectivity index (χ1) is 8.86. The summed E-state index contributed by atoms with van der Waals surface area (Å²) in [5.41, 5.74) is 4.65. The van der Waals surface area contributed by atoms with Crippen LogP contribution in [0, 0.1) is 25.7 Å². The molecule has 1 aromatic carbocycles. The van der Waals surface area contributed by atoms with Gasteiger partial charge in [-0.1, -0.05) is 17.7 Å². The van der Waals surface area contributed by atoms with Gasteiger partial charge in [-0.2, -0.15) is 12.8 Å². The highest BCUT2D eigenvalue weighted by Crippen LogP contribution is 2.25. The van der Waals surface area contributed by atoms with Crippen LogP contribution in [0.15, 0.2) is 34.7 Å². The number of aryl methyl sites for hydroxylation is 3. The van der Waals surface area contributed by atoms with E-state index < -0.39 is 10.0 Å². The van der Waals surface area contributed by atoms with Crippen LogP contribution in [-0.2, 0) is 10.0 Å². The maximum absolute atomic E-state index is 12.5. The first-order valence-electron chi connectivity index (χ1n) is 5.55. The molecular formula is C11H14N4O3S. The SMILES string of the molecule is Cc1cc(C)c(S(=O)(=O)N2C=CN(N=O)N2)c(C)c1. The fraction of sp³-hybridized carbons (Fsp3) is 0.273. The summed E-state index contributed by atoms with van der Waals surface area (Å²) in [7, 11) is -3.76. The van der Waals surface area contributed by atoms with E-state index in [1.165, 1.54) is 12.4 Å². The second-order valence-corrected chi connectivity index (χ2v) is 6.10. The normalized spacial score (nSPS) is 15.1. The van der Waals surface area contributed by atoms with Crippen LogP contribution in [-0.4, -0.2) is 17.9 Å². The number of hydrogen-bond acceptors (Lipinski definition) is 5. The minimum absolute atomic E-state index is 0.225. The third-order valence-corrected chi connectivity index (χ3v) is 4.63. The molecule has 0 fully saturated rings. The molecule has 1 aliphatic heterocycles. The highest BCUT2D eigenvalue weighted by atomic mass is 32.2. The third-order valence-electron chi connectivity index (χ3n) is 2.75. The Morgan fingerprint density at radius 2 is 1.68 bits per heavy atom. The molecule has 0 spiro atoms. The quantitative estimate of drug-likeness (QED) is 0.849. The van der Waals surface area contributed by atoms with Crippen LogP contribution < -0.4 is 5.53 Å². The van der Waals surface area contributed by atoms with E-state index >= 15 is 0 Å². The molecule has 1 aromatic rings. The van der Waals surface area contributed by atoms with Crippen molar-refractivity contribution in [1.82, 2.24) is 15.1 Å². The molecule has 0 saturated heterocycles. The molecule has 8 heteroatoms. The largest absolute Gasteiger partial charge is 0.279 e. The van der Waals surface area contributed by atoms with Gasteiger partial charge in [0.15, 0.2) is 0 Å². The van der Waals surface area contributed by atoms with Crippen molar-refractivity contribution < 1.29 is 8.42 Å². The van der Waals surface area contributed by atoms with Gasteiger partial charge in [-0.3, -0.25) is 0 Å². The second-order valence-electron chi connectivity index (χ2n) is 4.35. The van der Waals surface area contributed by atoms with Crippen molar-refractivity contribution in [2.45, 2.75) is 25.7 Å². The van der Waals surface area contributed by atoms with Crippen molar-refractivity contribution in [2.75, 3.05) is 0 Å². The van der Waals surface area contributed by atoms with Crippen LogP contribution in [0.4, 0.5) is 0 Å². The van der Waals surface area contributed by atoms with Crippen LogP contribution in [0.1, 0.15) is 16.7 Å². The molecule has 0 aromatic heterocycles. The molecule has 1 N–H and O–H groups in total. The molecule has 0 saturated carbocycles. The van der Waals surface area contributed by atoms with Crippen molar-refractivity contribution >= 4 is 10.0 Å². The summed E-state index contributed by atoms with van der Waals surface area (Å²) < 4.78 is 25.8. The molecule has 1 aliphatic rings. The van der Waals surface area contributed by atoms with Crippen LogP contribution in [0.2, 0.25) is 0 Å². The minimum Gasteiger partial charge on any atom is -0.200 e. The number of hydrogen-bond donors (Lipinski definition) is 1. The maximum atomic E-state index is 12.5. The summed E-state index contributed by atoms with van der Waals surface area (Å²) in [4.78, 5) is 10.6. The van der Waals surface area contributed by atoms with Crippen molar-refractivity contribution in [1.29, 1.82) is 0 Å². The van der Waals surface area contributed by atoms with Crippen molar-refractivity contribution in [2.24, 2.45) is 5.29 Å². The van der Waals surface area contributed by atoms with Gasteiger partial charge in [0.2, 0.25) is 0 Å². The van der Waals surface area contributed by atoms with Crippen LogP contribution in [0.3, 0.4) is 0 Å². The van der Waals surface area contributed by atoms with E-state index in [1.807, 2.05) is 6.92 Å². The van der Waals surface area contributed by atoms with E-state index in [0.29, 0.717) is 11.1 Å². The third kappa shape index (κ3) is 2.32. The predicted molar refractivity (Wildman–Crippen MR) is 69.6 cm³/mol. The molecule has 102 valence electrons. The molecule has 0 amide bonds. The zero-order valence-electron chi connectivity index (χ0n) is 10.8. The molecule has 0 atom stereocenters. The van der Waals surface area contributed by atoms with Crippen molar-refractivity contribution in [3.05, 3.63) is 46.1 Å². The van der Waals surface area contributed by atoms with Crippen LogP contribution in [0.5, 0.6) is 0 Å². The van der Waals surface area contributed by atoms with E-state index in [4.69, 9.17) is 0 Å². The molecule has 0 radical (unpaired) electrons. The fourth-order valence-corrected chi connectivity index (χ4v) is 3.68. The Morgan fingerprint density at radius 3 is 2.16 bits per heavy atom. The number of benzene rings is 1. The smallest absolute Gasteiger partial charge is 0.200 e. The molecular weight excluding hydrogens is 268 g/mol. The van der Waals surface area contributed by atoms with Gasteiger partial charge in [0, 0.05) is 0 Å². The van der Waals surface area contributed by atoms with Crippen LogP contribution >= 0.6 is 0 Å². The van der Waals surface area contributed by atoms with E-state index in [2.05, 4.69) is 10.8 Å². The number of nitrogens with zero attached hydrogens (tertiary/aromatic N) is 3. The Hall–Kier alpha value is -1.93. The van der Waals surface area contributed by atoms with Gasteiger partial charge in [0.25, 0.3) is 10.0 Å². The molecule has 0 aliphatic carbocycles. The summed E-state index contributed by atoms with van der Waals surface area (Å²) in [5.74, 6) is 0. The Kier molecular flexibility index (Phi) is 3.29. The van der Waals surface area contributed by atoms with E-state index in [-0.39, 0.29) is 4.90 Å². The molecule has 7 nitrogen and oxygen atoms in total. The standard InChI is InChI=1S/C11H14N4O3S/c1-8-6-9(2)11(10(3)7-8)19(17,18)15-5-4-14(12-15)13-16/h4-7,12H,1-3H3. The maximum Gasteiger partial charge on any atom is 0.279 e. The summed E-state index contributed by atoms with van der Waals surface area (Å²) in [5, 5.41) is 3.36. The molecule has 1 heterocycles. The lowest BCUT2D eigenvalue weighted by atomic mass is 10.1. The summed E-state index contributed by atoms with van der Waals surface area (Å²) in [6.45, 7) is 5.38. The number of nitrogens with one attached hydrogen (secondary N) is 1. The second kappa shape index (κ2) is 4.63. The number of nitroso groups, excluding NO2 is 1. The van der Waals surface area contributed by atoms with Crippen molar-refractivity contribution in [3.8, 4) is 0 Å². The minimum atomic E-state index is -3.76. The lowest BCUT2D eigenvalue weighted by molar-refractivity contribution is 0.207. The Morgan fingerprint density at radius 1 is 1.11 bits per heavy atom. The highest BCUT2D eigenvalue weighted by molar-refractivity contribution is 7.89. The first kappa shape index (κ1) is 13.5. The Labute approximate surface area is 111 Å². The van der Waals surface area contributed by atoms with Gasteiger partial charge >= 0.3 is 0 Å². The highest BCUT2D eigenvalue weighted by Gasteiger charge is 2.29. The molecule has 0 bridgehead atoms. The average Bonchev–Trinajstić information content (AvgIpc) is 2.75. The lowest BCUT2D eigenvalue weighted by Gasteiger charge is -2.20. The van der Waals surface area contributed by atoms with E-state index in [0.717, 1.165) is 15.1 Å². The van der Waals surface area contributed by atoms with Gasteiger partial charge in [-0.05, 0) is 31.9 Å². The zero-order chi connectivity index (χ0) is 14.2. The van der Waals surface area contributed by atoms with Gasteiger partial charge < -0.3 is 0 Å². The lowest BCUT2D eigenvalue weighted by Crippen LogP contribution is -2.40. The Balaban J connectivity index is 2.47. The molecule has 19 heavy (non-hydrogen) atoms. The summed E-state index contributed by atoms with van der Waals surface area (Å²) >= 11 is 0. The Bertz CT molecular complexity index is 631. The summed E-state index contributed by atoms with van der Waals surface area (Å²) in [6.07, 6.45) is 2.46. The van der Waals surface area contributed by atoms with Gasteiger partial charge in [-0.25, -0.2) is 0 Å². The predicted octanol–water partition coefficient (Wildman–Crippen LogP) is 1.49. The van der Waals surface area contributed by atoms with E-state index in [1.54, 1.807) is 26.0 Å². The van der Waals surface area contributed by atoms with Gasteiger partial charge in [-0.15, -0.1) is 15.6 Å². The van der Waals surface area contributed by atoms with Gasteiger partial charge in [0.1, 0.15) is 0 Å². The monoisotopic (exact) mass is 282 g/mol. The number of rotatable bonds is 3. The zero-order valence-corrected chi connectivity index (χ0v) is 11.6. The first-order valence-corrected chi connectivity index (χ1v) is 6.99. The number of sulfonamides is 1. The average molecular weight is 282 g/mol. The fourth-order valence-electron chi connectivity index (χ4n) is 2.14. The van der Waals surface area contributed by atoms with Crippen molar-refractivity contribution in [3.63, 3.8) is 0 Å². The van der Waals surface area contributed by atoms with Crippen LogP contribution in [0.25, 0.3) is 0 Å². The molecule has 2 rings (SSSR count).